The van der Waals surface area contributed by atoms with E-state index in [4.69, 9.17) is 4.42 Å². The first kappa shape index (κ1) is 14.6. The highest BCUT2D eigenvalue weighted by Crippen LogP contribution is 2.21. The van der Waals surface area contributed by atoms with E-state index in [9.17, 15) is 0 Å². The van der Waals surface area contributed by atoms with Crippen LogP contribution in [0.1, 0.15) is 31.6 Å². The van der Waals surface area contributed by atoms with Crippen molar-refractivity contribution >= 4 is 12.4 Å². The topological polar surface area (TPSA) is 28.4 Å². The van der Waals surface area contributed by atoms with Gasteiger partial charge in [0, 0.05) is 6.54 Å². The van der Waals surface area contributed by atoms with E-state index < -0.39 is 0 Å². The van der Waals surface area contributed by atoms with Crippen LogP contribution in [0.2, 0.25) is 0 Å². The molecule has 1 aliphatic rings. The molecule has 1 fully saturated rings. The zero-order valence-corrected chi connectivity index (χ0v) is 11.5. The summed E-state index contributed by atoms with van der Waals surface area (Å²) >= 11 is 0. The maximum absolute atomic E-state index is 5.45. The third-order valence-electron chi connectivity index (χ3n) is 3.56. The number of piperidine rings is 1. The Kier molecular flexibility index (Phi) is 6.03. The average Bonchev–Trinajstić information content (AvgIpc) is 2.83. The summed E-state index contributed by atoms with van der Waals surface area (Å²) in [5, 5.41) is 3.46. The highest BCUT2D eigenvalue weighted by atomic mass is 35.5. The Labute approximate surface area is 110 Å². The Morgan fingerprint density at radius 2 is 2.41 bits per heavy atom. The lowest BCUT2D eigenvalue weighted by Gasteiger charge is -2.30. The van der Waals surface area contributed by atoms with E-state index in [1.807, 2.05) is 6.07 Å². The van der Waals surface area contributed by atoms with Crippen LogP contribution in [0, 0.1) is 5.92 Å². The van der Waals surface area contributed by atoms with Gasteiger partial charge in [-0.05, 0) is 58.0 Å². The largest absolute Gasteiger partial charge is 0.468 e. The predicted molar refractivity (Wildman–Crippen MR) is 72.6 cm³/mol. The molecular weight excluding hydrogens is 236 g/mol. The van der Waals surface area contributed by atoms with Crippen LogP contribution in [0.3, 0.4) is 0 Å². The Morgan fingerprint density at radius 3 is 3.00 bits per heavy atom. The molecule has 0 aromatic carbocycles. The summed E-state index contributed by atoms with van der Waals surface area (Å²) in [6, 6.07) is 4.39. The third-order valence-corrected chi connectivity index (χ3v) is 3.56. The Bertz CT molecular complexity index is 296. The van der Waals surface area contributed by atoms with E-state index in [0.717, 1.165) is 24.8 Å². The van der Waals surface area contributed by atoms with Crippen molar-refractivity contribution in [1.82, 2.24) is 10.2 Å². The fourth-order valence-electron chi connectivity index (χ4n) is 2.39. The van der Waals surface area contributed by atoms with Crippen LogP contribution in [-0.4, -0.2) is 31.6 Å². The van der Waals surface area contributed by atoms with Crippen molar-refractivity contribution in [2.75, 3.05) is 26.7 Å². The van der Waals surface area contributed by atoms with Gasteiger partial charge in [0.25, 0.3) is 0 Å². The number of nitrogens with zero attached hydrogens (tertiary/aromatic N) is 1. The second-order valence-corrected chi connectivity index (χ2v) is 4.84. The number of furan rings is 1. The Hall–Kier alpha value is -0.510. The molecule has 0 spiro atoms. The molecule has 1 aromatic heterocycles. The van der Waals surface area contributed by atoms with Gasteiger partial charge in [0.15, 0.2) is 0 Å². The first-order chi connectivity index (χ1) is 7.77. The standard InChI is InChI=1S/C13H22N2O.ClH/c1-11(13-6-4-8-16-13)15(2)10-12-5-3-7-14-9-12;/h4,6,8,11-12,14H,3,5,7,9-10H2,1-2H3;1H. The number of hydrogen-bond donors (Lipinski definition) is 1. The first-order valence-corrected chi connectivity index (χ1v) is 6.21. The molecule has 2 rings (SSSR count). The minimum atomic E-state index is 0. The smallest absolute Gasteiger partial charge is 0.120 e. The van der Waals surface area contributed by atoms with E-state index in [1.54, 1.807) is 6.26 Å². The molecular formula is C13H23ClN2O. The van der Waals surface area contributed by atoms with Crippen molar-refractivity contribution in [2.45, 2.75) is 25.8 Å². The number of halogens is 1. The molecule has 0 amide bonds. The van der Waals surface area contributed by atoms with Crippen molar-refractivity contribution in [3.63, 3.8) is 0 Å². The maximum Gasteiger partial charge on any atom is 0.120 e. The van der Waals surface area contributed by atoms with E-state index >= 15 is 0 Å². The van der Waals surface area contributed by atoms with Gasteiger partial charge in [-0.15, -0.1) is 12.4 Å². The molecule has 1 aliphatic heterocycles. The lowest BCUT2D eigenvalue weighted by Crippen LogP contribution is -2.37. The summed E-state index contributed by atoms with van der Waals surface area (Å²) in [5.41, 5.74) is 0. The average molecular weight is 259 g/mol. The van der Waals surface area contributed by atoms with Crippen LogP contribution in [0.15, 0.2) is 22.8 Å². The van der Waals surface area contributed by atoms with Gasteiger partial charge in [0.2, 0.25) is 0 Å². The molecule has 3 nitrogen and oxygen atoms in total. The molecule has 0 bridgehead atoms. The Morgan fingerprint density at radius 1 is 1.59 bits per heavy atom. The van der Waals surface area contributed by atoms with Crippen LogP contribution in [0.25, 0.3) is 0 Å². The number of nitrogens with one attached hydrogen (secondary N) is 1. The van der Waals surface area contributed by atoms with Crippen LogP contribution in [-0.2, 0) is 0 Å². The van der Waals surface area contributed by atoms with Crippen LogP contribution < -0.4 is 5.32 Å². The van der Waals surface area contributed by atoms with Gasteiger partial charge in [0.05, 0.1) is 12.3 Å². The van der Waals surface area contributed by atoms with E-state index in [-0.39, 0.29) is 12.4 Å². The van der Waals surface area contributed by atoms with Crippen molar-refractivity contribution in [3.05, 3.63) is 24.2 Å². The summed E-state index contributed by atoms with van der Waals surface area (Å²) in [7, 11) is 2.18. The monoisotopic (exact) mass is 258 g/mol. The third kappa shape index (κ3) is 4.02. The van der Waals surface area contributed by atoms with E-state index in [1.165, 1.54) is 19.4 Å². The molecule has 0 radical (unpaired) electrons. The highest BCUT2D eigenvalue weighted by molar-refractivity contribution is 5.85. The summed E-state index contributed by atoms with van der Waals surface area (Å²) in [6.45, 7) is 5.70. The van der Waals surface area contributed by atoms with Gasteiger partial charge in [0.1, 0.15) is 5.76 Å². The highest BCUT2D eigenvalue weighted by Gasteiger charge is 2.19. The fraction of sp³-hybridized carbons (Fsp3) is 0.692. The second kappa shape index (κ2) is 7.04. The van der Waals surface area contributed by atoms with Crippen molar-refractivity contribution in [2.24, 2.45) is 5.92 Å². The molecule has 1 saturated heterocycles. The van der Waals surface area contributed by atoms with Gasteiger partial charge in [-0.3, -0.25) is 4.90 Å². The number of hydrogen-bond acceptors (Lipinski definition) is 3. The maximum atomic E-state index is 5.45. The molecule has 2 heterocycles. The summed E-state index contributed by atoms with van der Waals surface area (Å²) < 4.78 is 5.45. The Balaban J connectivity index is 0.00000144. The first-order valence-electron chi connectivity index (χ1n) is 6.21. The lowest BCUT2D eigenvalue weighted by atomic mass is 9.98. The summed E-state index contributed by atoms with van der Waals surface area (Å²) in [4.78, 5) is 2.39. The molecule has 1 N–H and O–H groups in total. The normalized spacial score (nSPS) is 22.2. The molecule has 17 heavy (non-hydrogen) atoms. The summed E-state index contributed by atoms with van der Waals surface area (Å²) in [6.07, 6.45) is 4.41. The van der Waals surface area contributed by atoms with Crippen LogP contribution >= 0.6 is 12.4 Å². The lowest BCUT2D eigenvalue weighted by molar-refractivity contribution is 0.182. The van der Waals surface area contributed by atoms with E-state index in [0.29, 0.717) is 6.04 Å². The molecule has 1 aromatic rings. The van der Waals surface area contributed by atoms with Gasteiger partial charge < -0.3 is 9.73 Å². The zero-order chi connectivity index (χ0) is 11.4. The van der Waals surface area contributed by atoms with Crippen molar-refractivity contribution in [1.29, 1.82) is 0 Å². The molecule has 2 unspecified atom stereocenters. The zero-order valence-electron chi connectivity index (χ0n) is 10.7. The van der Waals surface area contributed by atoms with Gasteiger partial charge >= 0.3 is 0 Å². The van der Waals surface area contributed by atoms with Gasteiger partial charge in [-0.2, -0.15) is 0 Å². The molecule has 4 heteroatoms. The van der Waals surface area contributed by atoms with Gasteiger partial charge in [-0.1, -0.05) is 0 Å². The minimum Gasteiger partial charge on any atom is -0.468 e. The van der Waals surface area contributed by atoms with Crippen molar-refractivity contribution in [3.8, 4) is 0 Å². The molecule has 0 saturated carbocycles. The molecule has 0 aliphatic carbocycles. The fourth-order valence-corrected chi connectivity index (χ4v) is 2.39. The quantitative estimate of drug-likeness (QED) is 0.900. The SMILES string of the molecule is CC(c1ccco1)N(C)CC1CCCNC1.Cl. The molecule has 2 atom stereocenters. The molecule has 98 valence electrons. The second-order valence-electron chi connectivity index (χ2n) is 4.84. The van der Waals surface area contributed by atoms with Gasteiger partial charge in [-0.25, -0.2) is 0 Å². The minimum absolute atomic E-state index is 0. The summed E-state index contributed by atoms with van der Waals surface area (Å²) in [5.74, 6) is 1.85. The van der Waals surface area contributed by atoms with Crippen LogP contribution in [0.5, 0.6) is 0 Å². The van der Waals surface area contributed by atoms with Crippen molar-refractivity contribution < 1.29 is 4.42 Å². The number of rotatable bonds is 4. The van der Waals surface area contributed by atoms with E-state index in [2.05, 4.69) is 30.3 Å². The van der Waals surface area contributed by atoms with Crippen LogP contribution in [0.4, 0.5) is 0 Å². The predicted octanol–water partition coefficient (Wildman–Crippen LogP) is 2.69.